The quantitative estimate of drug-likeness (QED) is 0.694. The average molecular weight is 453 g/mol. The first-order valence-electron chi connectivity index (χ1n) is 11.3. The molecule has 33 heavy (non-hydrogen) atoms. The number of benzene rings is 2. The number of carbonyl (C=O) groups excluding carboxylic acids is 2. The van der Waals surface area contributed by atoms with Gasteiger partial charge in [-0.2, -0.15) is 0 Å². The number of carbonyl (C=O) groups is 2. The summed E-state index contributed by atoms with van der Waals surface area (Å²) in [6.45, 7) is 2.03. The van der Waals surface area contributed by atoms with Gasteiger partial charge in [-0.15, -0.1) is 0 Å². The van der Waals surface area contributed by atoms with E-state index in [-0.39, 0.29) is 30.2 Å². The van der Waals surface area contributed by atoms with Crippen LogP contribution in [0.25, 0.3) is 0 Å². The summed E-state index contributed by atoms with van der Waals surface area (Å²) in [6.07, 6.45) is 1.98. The van der Waals surface area contributed by atoms with Crippen molar-refractivity contribution in [2.45, 2.75) is 25.3 Å². The van der Waals surface area contributed by atoms with Crippen molar-refractivity contribution in [1.82, 2.24) is 4.90 Å². The summed E-state index contributed by atoms with van der Waals surface area (Å²) < 4.78 is 22.1. The van der Waals surface area contributed by atoms with E-state index in [1.165, 1.54) is 0 Å². The lowest BCUT2D eigenvalue weighted by molar-refractivity contribution is -0.136. The van der Waals surface area contributed by atoms with Gasteiger partial charge in [0.1, 0.15) is 24.7 Å². The largest absolute Gasteiger partial charge is 0.497 e. The van der Waals surface area contributed by atoms with Crippen LogP contribution in [-0.4, -0.2) is 57.2 Å². The van der Waals surface area contributed by atoms with Gasteiger partial charge in [0, 0.05) is 42.9 Å². The lowest BCUT2D eigenvalue weighted by Gasteiger charge is -2.29. The van der Waals surface area contributed by atoms with Gasteiger partial charge in [0.25, 0.3) is 0 Å². The number of nitrogens with zero attached hydrogens (tertiary/aromatic N) is 2. The summed E-state index contributed by atoms with van der Waals surface area (Å²) in [4.78, 5) is 30.0. The number of hydrogen-bond acceptors (Lipinski definition) is 6. The molecular weight excluding hydrogens is 424 g/mol. The lowest BCUT2D eigenvalue weighted by Crippen LogP contribution is -2.37. The summed E-state index contributed by atoms with van der Waals surface area (Å²) in [5, 5.41) is 0. The molecule has 3 aliphatic heterocycles. The van der Waals surface area contributed by atoms with Gasteiger partial charge in [-0.05, 0) is 37.1 Å². The number of hydrogen-bond donors (Lipinski definition) is 0. The van der Waals surface area contributed by atoms with Crippen molar-refractivity contribution in [3.8, 4) is 23.0 Å². The highest BCUT2D eigenvalue weighted by Crippen LogP contribution is 2.41. The van der Waals surface area contributed by atoms with Crippen LogP contribution < -0.4 is 23.8 Å². The molecule has 8 nitrogen and oxygen atoms in total. The topological polar surface area (TPSA) is 77.5 Å². The zero-order valence-electron chi connectivity index (χ0n) is 18.9. The van der Waals surface area contributed by atoms with Crippen LogP contribution in [0.2, 0.25) is 0 Å². The monoisotopic (exact) mass is 452 g/mol. The third-order valence-corrected chi connectivity index (χ3v) is 6.65. The van der Waals surface area contributed by atoms with E-state index in [4.69, 9.17) is 18.9 Å². The molecule has 2 saturated heterocycles. The fourth-order valence-electron chi connectivity index (χ4n) is 5.00. The number of likely N-dealkylation sites (tertiary alicyclic amines) is 1. The third kappa shape index (κ3) is 3.94. The fourth-order valence-corrected chi connectivity index (χ4v) is 5.00. The molecule has 8 heteroatoms. The molecule has 2 amide bonds. The minimum atomic E-state index is -0.379. The molecule has 174 valence electrons. The van der Waals surface area contributed by atoms with E-state index < -0.39 is 0 Å². The van der Waals surface area contributed by atoms with Crippen LogP contribution in [0.1, 0.15) is 30.9 Å². The first kappa shape index (κ1) is 21.4. The van der Waals surface area contributed by atoms with E-state index >= 15 is 0 Å². The molecule has 2 fully saturated rings. The Labute approximate surface area is 193 Å². The standard InChI is InChI=1S/C25H28N2O6/c1-30-18-6-7-19(22(14-18)31-2)20-4-3-9-26(20)25(29)16-12-24(28)27(15-16)17-5-8-21-23(13-17)33-11-10-32-21/h5-8,13-14,16,20H,3-4,9-12,15H2,1-2H3. The second-order valence-electron chi connectivity index (χ2n) is 8.53. The van der Waals surface area contributed by atoms with Crippen molar-refractivity contribution in [2.75, 3.05) is 45.4 Å². The summed E-state index contributed by atoms with van der Waals surface area (Å²) in [5.74, 6) is 2.31. The fraction of sp³-hybridized carbons (Fsp3) is 0.440. The molecule has 2 aromatic carbocycles. The molecule has 0 saturated carbocycles. The molecule has 2 aromatic rings. The van der Waals surface area contributed by atoms with Crippen LogP contribution in [0, 0.1) is 5.92 Å². The second-order valence-corrected chi connectivity index (χ2v) is 8.53. The van der Waals surface area contributed by atoms with E-state index in [1.807, 2.05) is 41.3 Å². The Kier molecular flexibility index (Phi) is 5.74. The molecule has 0 spiro atoms. The van der Waals surface area contributed by atoms with Crippen molar-refractivity contribution in [3.05, 3.63) is 42.0 Å². The van der Waals surface area contributed by atoms with Gasteiger partial charge < -0.3 is 28.7 Å². The predicted octanol–water partition coefficient (Wildman–Crippen LogP) is 3.19. The number of ether oxygens (including phenoxy) is 4. The van der Waals surface area contributed by atoms with Crippen LogP contribution in [0.4, 0.5) is 5.69 Å². The van der Waals surface area contributed by atoms with Crippen LogP contribution in [0.15, 0.2) is 36.4 Å². The number of methoxy groups -OCH3 is 2. The molecule has 5 rings (SSSR count). The number of fused-ring (bicyclic) bond motifs is 1. The Morgan fingerprint density at radius 1 is 1.03 bits per heavy atom. The van der Waals surface area contributed by atoms with Gasteiger partial charge in [-0.1, -0.05) is 0 Å². The van der Waals surface area contributed by atoms with Crippen molar-refractivity contribution in [2.24, 2.45) is 5.92 Å². The van der Waals surface area contributed by atoms with Crippen molar-refractivity contribution in [1.29, 1.82) is 0 Å². The summed E-state index contributed by atoms with van der Waals surface area (Å²) >= 11 is 0. The van der Waals surface area contributed by atoms with E-state index in [1.54, 1.807) is 19.1 Å². The average Bonchev–Trinajstić information content (AvgIpc) is 3.50. The number of anilines is 1. The minimum absolute atomic E-state index is 0.0174. The summed E-state index contributed by atoms with van der Waals surface area (Å²) in [7, 11) is 3.24. The van der Waals surface area contributed by atoms with Gasteiger partial charge in [0.2, 0.25) is 11.8 Å². The van der Waals surface area contributed by atoms with Crippen LogP contribution >= 0.6 is 0 Å². The highest BCUT2D eigenvalue weighted by molar-refractivity contribution is 6.00. The van der Waals surface area contributed by atoms with E-state index in [2.05, 4.69) is 0 Å². The lowest BCUT2D eigenvalue weighted by atomic mass is 10.0. The summed E-state index contributed by atoms with van der Waals surface area (Å²) in [5.41, 5.74) is 1.70. The Bertz CT molecular complexity index is 1070. The second kappa shape index (κ2) is 8.84. The highest BCUT2D eigenvalue weighted by Gasteiger charge is 2.41. The van der Waals surface area contributed by atoms with Crippen LogP contribution in [0.5, 0.6) is 23.0 Å². The summed E-state index contributed by atoms with van der Waals surface area (Å²) in [6, 6.07) is 11.1. The maximum absolute atomic E-state index is 13.5. The Morgan fingerprint density at radius 3 is 2.64 bits per heavy atom. The molecule has 2 unspecified atom stereocenters. The molecule has 0 N–H and O–H groups in total. The Balaban J connectivity index is 1.34. The number of amides is 2. The van der Waals surface area contributed by atoms with Crippen LogP contribution in [0.3, 0.4) is 0 Å². The molecule has 0 bridgehead atoms. The zero-order chi connectivity index (χ0) is 22.9. The SMILES string of the molecule is COc1ccc(C2CCCN2C(=O)C2CC(=O)N(c3ccc4c(c3)OCCO4)C2)c(OC)c1. The normalized spacial score (nSPS) is 21.9. The first-order chi connectivity index (χ1) is 16.1. The molecule has 0 radical (unpaired) electrons. The molecule has 3 heterocycles. The van der Waals surface area contributed by atoms with E-state index in [9.17, 15) is 9.59 Å². The first-order valence-corrected chi connectivity index (χ1v) is 11.3. The number of rotatable bonds is 5. The zero-order valence-corrected chi connectivity index (χ0v) is 18.9. The third-order valence-electron chi connectivity index (χ3n) is 6.65. The maximum atomic E-state index is 13.5. The van der Waals surface area contributed by atoms with E-state index in [0.717, 1.165) is 24.1 Å². The molecule has 2 atom stereocenters. The van der Waals surface area contributed by atoms with Gasteiger partial charge in [0.15, 0.2) is 11.5 Å². The van der Waals surface area contributed by atoms with Crippen molar-refractivity contribution < 1.29 is 28.5 Å². The van der Waals surface area contributed by atoms with Crippen molar-refractivity contribution >= 4 is 17.5 Å². The van der Waals surface area contributed by atoms with Gasteiger partial charge in [-0.25, -0.2) is 0 Å². The van der Waals surface area contributed by atoms with Gasteiger partial charge in [-0.3, -0.25) is 9.59 Å². The molecule has 0 aliphatic carbocycles. The smallest absolute Gasteiger partial charge is 0.228 e. The van der Waals surface area contributed by atoms with Crippen LogP contribution in [-0.2, 0) is 9.59 Å². The predicted molar refractivity (Wildman–Crippen MR) is 121 cm³/mol. The minimum Gasteiger partial charge on any atom is -0.497 e. The highest BCUT2D eigenvalue weighted by atomic mass is 16.6. The maximum Gasteiger partial charge on any atom is 0.228 e. The molecule has 3 aliphatic rings. The van der Waals surface area contributed by atoms with E-state index in [0.29, 0.717) is 49.3 Å². The molecule has 0 aromatic heterocycles. The Hall–Kier alpha value is -3.42. The molecular formula is C25H28N2O6. The van der Waals surface area contributed by atoms with Gasteiger partial charge >= 0.3 is 0 Å². The Morgan fingerprint density at radius 2 is 1.85 bits per heavy atom. The van der Waals surface area contributed by atoms with Crippen molar-refractivity contribution in [3.63, 3.8) is 0 Å². The van der Waals surface area contributed by atoms with Gasteiger partial charge in [0.05, 0.1) is 26.2 Å².